The molecular weight excluding hydrogens is 294 g/mol. The van der Waals surface area contributed by atoms with Gasteiger partial charge in [0.1, 0.15) is 0 Å². The third-order valence-corrected chi connectivity index (χ3v) is 3.64. The highest BCUT2D eigenvalue weighted by molar-refractivity contribution is 6.20. The molecule has 0 radical (unpaired) electrons. The number of hydrogen-bond donors (Lipinski definition) is 1. The van der Waals surface area contributed by atoms with Crippen LogP contribution in [-0.2, 0) is 11.2 Å². The number of nitro benzene ring substituents is 1. The number of carboxylic acids is 1. The molecule has 2 aromatic carbocycles. The van der Waals surface area contributed by atoms with Crippen LogP contribution in [0.3, 0.4) is 0 Å². The Morgan fingerprint density at radius 3 is 2.39 bits per heavy atom. The monoisotopic (exact) mass is 311 g/mol. The van der Waals surface area contributed by atoms with Crippen molar-refractivity contribution in [1.82, 2.24) is 0 Å². The zero-order chi connectivity index (χ0) is 17.0. The molecule has 0 bridgehead atoms. The zero-order valence-corrected chi connectivity index (χ0v) is 12.9. The van der Waals surface area contributed by atoms with E-state index < -0.39 is 10.9 Å². The molecule has 0 aliphatic rings. The lowest BCUT2D eigenvalue weighted by Gasteiger charge is -2.05. The lowest BCUT2D eigenvalue weighted by Crippen LogP contribution is -2.00. The third-order valence-electron chi connectivity index (χ3n) is 3.64. The molecule has 5 nitrogen and oxygen atoms in total. The predicted molar refractivity (Wildman–Crippen MR) is 89.2 cm³/mol. The molecule has 0 saturated heterocycles. The Kier molecular flexibility index (Phi) is 4.91. The van der Waals surface area contributed by atoms with E-state index in [9.17, 15) is 20.0 Å². The highest BCUT2D eigenvalue weighted by Crippen LogP contribution is 2.24. The first kappa shape index (κ1) is 16.4. The minimum atomic E-state index is -1.07. The SMILES string of the molecule is CCc1ccc(/C(=C/c2ccc(C)c([N+](=O)[O-])c2)C(=O)O)cc1. The van der Waals surface area contributed by atoms with Crippen LogP contribution in [0.4, 0.5) is 5.69 Å². The maximum absolute atomic E-state index is 11.5. The number of nitrogens with zero attached hydrogens (tertiary/aromatic N) is 1. The fraction of sp³-hybridized carbons (Fsp3) is 0.167. The predicted octanol–water partition coefficient (Wildman–Crippen LogP) is 4.09. The van der Waals surface area contributed by atoms with Gasteiger partial charge in [0.25, 0.3) is 5.69 Å². The minimum absolute atomic E-state index is 0.0233. The number of carboxylic acid groups (broad SMARTS) is 1. The van der Waals surface area contributed by atoms with Gasteiger partial charge in [-0.05, 0) is 36.1 Å². The Labute approximate surface area is 134 Å². The van der Waals surface area contributed by atoms with Gasteiger partial charge in [0.2, 0.25) is 0 Å². The van der Waals surface area contributed by atoms with Crippen LogP contribution in [-0.4, -0.2) is 16.0 Å². The topological polar surface area (TPSA) is 80.4 Å². The molecule has 0 saturated carbocycles. The summed E-state index contributed by atoms with van der Waals surface area (Å²) >= 11 is 0. The smallest absolute Gasteiger partial charge is 0.336 e. The molecule has 2 rings (SSSR count). The summed E-state index contributed by atoms with van der Waals surface area (Å²) in [6.07, 6.45) is 2.33. The summed E-state index contributed by atoms with van der Waals surface area (Å²) in [5, 5.41) is 20.4. The number of nitro groups is 1. The molecule has 0 atom stereocenters. The van der Waals surface area contributed by atoms with E-state index in [1.54, 1.807) is 31.2 Å². The van der Waals surface area contributed by atoms with E-state index >= 15 is 0 Å². The van der Waals surface area contributed by atoms with Gasteiger partial charge in [-0.15, -0.1) is 0 Å². The van der Waals surface area contributed by atoms with Crippen molar-refractivity contribution in [1.29, 1.82) is 0 Å². The van der Waals surface area contributed by atoms with Gasteiger partial charge in [0.15, 0.2) is 0 Å². The first-order valence-electron chi connectivity index (χ1n) is 7.21. The quantitative estimate of drug-likeness (QED) is 0.390. The number of aryl methyl sites for hydroxylation is 2. The van der Waals surface area contributed by atoms with Crippen LogP contribution >= 0.6 is 0 Å². The van der Waals surface area contributed by atoms with Gasteiger partial charge < -0.3 is 5.11 Å². The van der Waals surface area contributed by atoms with Crippen molar-refractivity contribution in [2.75, 3.05) is 0 Å². The Morgan fingerprint density at radius 2 is 1.87 bits per heavy atom. The van der Waals surface area contributed by atoms with E-state index in [2.05, 4.69) is 0 Å². The van der Waals surface area contributed by atoms with Gasteiger partial charge in [-0.3, -0.25) is 10.1 Å². The van der Waals surface area contributed by atoms with Crippen molar-refractivity contribution < 1.29 is 14.8 Å². The van der Waals surface area contributed by atoms with Gasteiger partial charge in [-0.25, -0.2) is 4.79 Å². The maximum atomic E-state index is 11.5. The summed E-state index contributed by atoms with van der Waals surface area (Å²) in [4.78, 5) is 22.1. The van der Waals surface area contributed by atoms with Crippen molar-refractivity contribution in [3.05, 3.63) is 74.8 Å². The van der Waals surface area contributed by atoms with E-state index in [1.807, 2.05) is 19.1 Å². The maximum Gasteiger partial charge on any atom is 0.336 e. The fourth-order valence-corrected chi connectivity index (χ4v) is 2.27. The van der Waals surface area contributed by atoms with Gasteiger partial charge >= 0.3 is 5.97 Å². The van der Waals surface area contributed by atoms with Crippen molar-refractivity contribution in [2.24, 2.45) is 0 Å². The average molecular weight is 311 g/mol. The Hall–Kier alpha value is -2.95. The van der Waals surface area contributed by atoms with Crippen LogP contribution < -0.4 is 0 Å². The fourth-order valence-electron chi connectivity index (χ4n) is 2.27. The molecule has 2 aromatic rings. The number of aliphatic carboxylic acids is 1. The number of hydrogen-bond acceptors (Lipinski definition) is 3. The number of benzene rings is 2. The number of carbonyl (C=O) groups is 1. The van der Waals surface area contributed by atoms with E-state index in [4.69, 9.17) is 0 Å². The van der Waals surface area contributed by atoms with Crippen LogP contribution in [0.15, 0.2) is 42.5 Å². The second-order valence-electron chi connectivity index (χ2n) is 5.22. The lowest BCUT2D eigenvalue weighted by atomic mass is 10.00. The van der Waals surface area contributed by atoms with Gasteiger partial charge in [0, 0.05) is 11.6 Å². The summed E-state index contributed by atoms with van der Waals surface area (Å²) in [6.45, 7) is 3.67. The highest BCUT2D eigenvalue weighted by atomic mass is 16.6. The molecule has 0 spiro atoms. The normalized spacial score (nSPS) is 11.3. The molecule has 0 heterocycles. The molecule has 0 unspecified atom stereocenters. The largest absolute Gasteiger partial charge is 0.478 e. The molecule has 1 N–H and O–H groups in total. The first-order valence-corrected chi connectivity index (χ1v) is 7.21. The van der Waals surface area contributed by atoms with E-state index in [0.717, 1.165) is 12.0 Å². The third kappa shape index (κ3) is 3.83. The molecule has 0 aliphatic heterocycles. The minimum Gasteiger partial charge on any atom is -0.478 e. The van der Waals surface area contributed by atoms with Crippen molar-refractivity contribution >= 4 is 23.3 Å². The van der Waals surface area contributed by atoms with Crippen molar-refractivity contribution in [3.8, 4) is 0 Å². The Bertz CT molecular complexity index is 776. The van der Waals surface area contributed by atoms with Crippen LogP contribution in [0.5, 0.6) is 0 Å². The van der Waals surface area contributed by atoms with Gasteiger partial charge in [0.05, 0.1) is 10.5 Å². The Morgan fingerprint density at radius 1 is 1.22 bits per heavy atom. The highest BCUT2D eigenvalue weighted by Gasteiger charge is 2.14. The summed E-state index contributed by atoms with van der Waals surface area (Å²) < 4.78 is 0. The molecule has 0 aromatic heterocycles. The van der Waals surface area contributed by atoms with Crippen LogP contribution in [0, 0.1) is 17.0 Å². The van der Waals surface area contributed by atoms with E-state index in [1.165, 1.54) is 12.1 Å². The van der Waals surface area contributed by atoms with Gasteiger partial charge in [-0.2, -0.15) is 0 Å². The van der Waals surface area contributed by atoms with Crippen LogP contribution in [0.25, 0.3) is 11.6 Å². The molecule has 0 amide bonds. The van der Waals surface area contributed by atoms with Gasteiger partial charge in [-0.1, -0.05) is 43.3 Å². The average Bonchev–Trinajstić information content (AvgIpc) is 2.53. The van der Waals surface area contributed by atoms with E-state index in [-0.39, 0.29) is 11.3 Å². The standard InChI is InChI=1S/C18H17NO4/c1-3-13-6-8-15(9-7-13)16(18(20)21)10-14-5-4-12(2)17(11-14)19(22)23/h4-11H,3H2,1-2H3,(H,20,21)/b16-10-. The molecule has 5 heteroatoms. The molecule has 0 fully saturated rings. The molecule has 118 valence electrons. The summed E-state index contributed by atoms with van der Waals surface area (Å²) in [6, 6.07) is 11.9. The second kappa shape index (κ2) is 6.87. The summed E-state index contributed by atoms with van der Waals surface area (Å²) in [7, 11) is 0. The van der Waals surface area contributed by atoms with Crippen molar-refractivity contribution in [3.63, 3.8) is 0 Å². The lowest BCUT2D eigenvalue weighted by molar-refractivity contribution is -0.385. The van der Waals surface area contributed by atoms with Crippen molar-refractivity contribution in [2.45, 2.75) is 20.3 Å². The molecular formula is C18H17NO4. The van der Waals surface area contributed by atoms with E-state index in [0.29, 0.717) is 16.7 Å². The first-order chi connectivity index (χ1) is 10.9. The Balaban J connectivity index is 2.48. The second-order valence-corrected chi connectivity index (χ2v) is 5.22. The number of rotatable bonds is 5. The van der Waals surface area contributed by atoms with Crippen LogP contribution in [0.2, 0.25) is 0 Å². The zero-order valence-electron chi connectivity index (χ0n) is 12.9. The molecule has 0 aliphatic carbocycles. The summed E-state index contributed by atoms with van der Waals surface area (Å²) in [5.74, 6) is -1.07. The van der Waals surface area contributed by atoms with Crippen LogP contribution in [0.1, 0.15) is 29.2 Å². The molecule has 23 heavy (non-hydrogen) atoms. The summed E-state index contributed by atoms with van der Waals surface area (Å²) in [5.41, 5.74) is 2.79.